The molecule has 0 spiro atoms. The van der Waals surface area contributed by atoms with Crippen LogP contribution < -0.4 is 0 Å². The number of halogens is 18. The van der Waals surface area contributed by atoms with E-state index in [0.717, 1.165) is 42.5 Å². The van der Waals surface area contributed by atoms with E-state index in [4.69, 9.17) is 0 Å². The number of aryl methyl sites for hydroxylation is 4. The maximum absolute atomic E-state index is 15.7. The molecule has 12 rings (SSSR count). The number of benzene rings is 10. The first kappa shape index (κ1) is 62.2. The monoisotopic (exact) mass is 1280 g/mol. The van der Waals surface area contributed by atoms with E-state index in [1.807, 2.05) is 0 Å². The van der Waals surface area contributed by atoms with Gasteiger partial charge in [0, 0.05) is 27.1 Å². The van der Waals surface area contributed by atoms with Gasteiger partial charge in [0.05, 0.1) is 66.8 Å². The predicted octanol–water partition coefficient (Wildman–Crippen LogP) is 23.4. The summed E-state index contributed by atoms with van der Waals surface area (Å²) in [4.78, 5) is 0. The number of nitrogens with zero attached hydrogens (tertiary/aromatic N) is 3. The van der Waals surface area contributed by atoms with E-state index in [-0.39, 0.29) is 122 Å². The van der Waals surface area contributed by atoms with Gasteiger partial charge in [-0.25, -0.2) is 0 Å². The Morgan fingerprint density at radius 3 is 1.09 bits per heavy atom. The van der Waals surface area contributed by atoms with Gasteiger partial charge >= 0.3 is 37.1 Å². The van der Waals surface area contributed by atoms with E-state index < -0.39 is 92.8 Å². The lowest BCUT2D eigenvalue weighted by atomic mass is 9.90. The standard InChI is InChI=1S/C71H41F18N3/c1-35-8-16-46(56(26-35)69(81,82)83)40-11-19-49-50-20-12-41(48-23-15-44(67(75,76)77)33-58(48)71(87,88)89)31-61(50)91(60(49)30-40)59-25-24-53(64-37(3)6-5-7-55(64)68(78,79)80)65(54(59)34-90)92-62-29-39(45-22-14-43(28-38(45)4)66(72,73)74)10-18-51(62)52-21-13-42(32-63(52)92)47-17-9-36(2)27-57(47)70(84,85)86/h5-33H,1-4H3. The van der Waals surface area contributed by atoms with E-state index in [2.05, 4.69) is 6.07 Å². The minimum absolute atomic E-state index is 0.0266. The molecule has 3 nitrogen and oxygen atoms in total. The topological polar surface area (TPSA) is 33.6 Å². The van der Waals surface area contributed by atoms with Crippen LogP contribution in [-0.2, 0) is 37.1 Å². The third-order valence-corrected chi connectivity index (χ3v) is 16.5. The molecular weight excluding hydrogens is 1240 g/mol. The largest absolute Gasteiger partial charge is 0.417 e. The highest BCUT2D eigenvalue weighted by molar-refractivity contribution is 6.14. The lowest BCUT2D eigenvalue weighted by Gasteiger charge is -2.23. The van der Waals surface area contributed by atoms with Crippen LogP contribution in [0.15, 0.2) is 176 Å². The predicted molar refractivity (Wildman–Crippen MR) is 316 cm³/mol. The number of nitriles is 1. The van der Waals surface area contributed by atoms with Gasteiger partial charge < -0.3 is 9.13 Å². The van der Waals surface area contributed by atoms with Crippen molar-refractivity contribution in [2.45, 2.75) is 64.8 Å². The average Bonchev–Trinajstić information content (AvgIpc) is 1.56. The van der Waals surface area contributed by atoms with Crippen molar-refractivity contribution in [2.24, 2.45) is 0 Å². The molecule has 0 bridgehead atoms. The van der Waals surface area contributed by atoms with Gasteiger partial charge in [-0.2, -0.15) is 84.3 Å². The Bertz CT molecular complexity index is 5080. The molecule has 2 heterocycles. The lowest BCUT2D eigenvalue weighted by Crippen LogP contribution is -2.12. The summed E-state index contributed by atoms with van der Waals surface area (Å²) in [6.45, 7) is 5.60. The Labute approximate surface area is 510 Å². The van der Waals surface area contributed by atoms with Crippen molar-refractivity contribution < 1.29 is 79.0 Å². The van der Waals surface area contributed by atoms with Crippen molar-refractivity contribution in [3.05, 3.63) is 237 Å². The Morgan fingerprint density at radius 2 is 0.685 bits per heavy atom. The Morgan fingerprint density at radius 1 is 0.315 bits per heavy atom. The smallest absolute Gasteiger partial charge is 0.308 e. The summed E-state index contributed by atoms with van der Waals surface area (Å²) >= 11 is 0. The van der Waals surface area contributed by atoms with E-state index in [1.165, 1.54) is 152 Å². The van der Waals surface area contributed by atoms with Crippen molar-refractivity contribution in [2.75, 3.05) is 0 Å². The first-order chi connectivity index (χ1) is 43.0. The number of alkyl halides is 18. The summed E-state index contributed by atoms with van der Waals surface area (Å²) in [6, 6.07) is 35.0. The average molecular weight is 1280 g/mol. The quantitative estimate of drug-likeness (QED) is 0.146. The van der Waals surface area contributed by atoms with Crippen LogP contribution in [0.4, 0.5) is 79.0 Å². The summed E-state index contributed by atoms with van der Waals surface area (Å²) in [6.07, 6.45) is -30.5. The molecular formula is C71H41F18N3. The van der Waals surface area contributed by atoms with Gasteiger partial charge in [0.1, 0.15) is 11.6 Å². The normalized spacial score (nSPS) is 12.9. The third kappa shape index (κ3) is 10.8. The zero-order chi connectivity index (χ0) is 66.3. The van der Waals surface area contributed by atoms with Gasteiger partial charge in [-0.3, -0.25) is 0 Å². The lowest BCUT2D eigenvalue weighted by molar-refractivity contribution is -0.143. The molecule has 0 N–H and O–H groups in total. The molecule has 0 saturated carbocycles. The number of rotatable bonds is 7. The highest BCUT2D eigenvalue weighted by Gasteiger charge is 2.41. The van der Waals surface area contributed by atoms with Gasteiger partial charge in [0.25, 0.3) is 0 Å². The molecule has 0 atom stereocenters. The highest BCUT2D eigenvalue weighted by atomic mass is 19.4. The Hall–Kier alpha value is -9.97. The number of hydrogen-bond donors (Lipinski definition) is 0. The third-order valence-electron chi connectivity index (χ3n) is 16.5. The summed E-state index contributed by atoms with van der Waals surface area (Å²) in [5, 5.41) is 12.9. The van der Waals surface area contributed by atoms with Crippen LogP contribution in [-0.4, -0.2) is 9.13 Å². The van der Waals surface area contributed by atoms with Crippen molar-refractivity contribution in [3.63, 3.8) is 0 Å². The minimum atomic E-state index is -5.41. The fraction of sp³-hybridized carbons (Fsp3) is 0.141. The molecule has 0 unspecified atom stereocenters. The molecule has 12 aromatic rings. The van der Waals surface area contributed by atoms with Gasteiger partial charge in [-0.05, 0) is 162 Å². The van der Waals surface area contributed by atoms with Crippen molar-refractivity contribution in [1.29, 1.82) is 5.26 Å². The molecule has 0 aliphatic rings. The van der Waals surface area contributed by atoms with E-state index in [9.17, 15) is 31.6 Å². The van der Waals surface area contributed by atoms with Crippen LogP contribution in [0.5, 0.6) is 0 Å². The van der Waals surface area contributed by atoms with Crippen LogP contribution in [0.2, 0.25) is 0 Å². The van der Waals surface area contributed by atoms with Crippen LogP contribution in [0.3, 0.4) is 0 Å². The fourth-order valence-electron chi connectivity index (χ4n) is 12.4. The van der Waals surface area contributed by atoms with E-state index in [1.54, 1.807) is 0 Å². The van der Waals surface area contributed by atoms with Gasteiger partial charge in [0.15, 0.2) is 0 Å². The summed E-state index contributed by atoms with van der Waals surface area (Å²) in [7, 11) is 0. The molecule has 92 heavy (non-hydrogen) atoms. The van der Waals surface area contributed by atoms with E-state index >= 15 is 52.7 Å². The SMILES string of the molecule is Cc1ccc(-c2ccc3c4ccc(-c5ccc(C(F)(F)F)cc5C(F)(F)F)cc4n(-c4ccc(-c5c(C)cccc5C(F)(F)F)c(-n5c6cc(-c7ccc(C(F)(F)F)cc7C)ccc6c6ccc(-c7ccc(C)cc7C(F)(F)F)cc65)c4C#N)c3c2)c(C(F)(F)F)c1. The number of aromatic nitrogens is 2. The maximum atomic E-state index is 15.7. The summed E-state index contributed by atoms with van der Waals surface area (Å²) in [5.74, 6) is 0. The van der Waals surface area contributed by atoms with E-state index in [0.29, 0.717) is 12.1 Å². The molecule has 0 aliphatic carbocycles. The minimum Gasteiger partial charge on any atom is -0.308 e. The van der Waals surface area contributed by atoms with Crippen LogP contribution in [0, 0.1) is 39.0 Å². The second kappa shape index (κ2) is 21.6. The second-order valence-corrected chi connectivity index (χ2v) is 22.4. The molecule has 0 saturated heterocycles. The molecule has 466 valence electrons. The summed E-state index contributed by atoms with van der Waals surface area (Å²) in [5.41, 5.74) is -11.2. The Balaban J connectivity index is 1.28. The molecule has 0 aliphatic heterocycles. The van der Waals surface area contributed by atoms with Crippen LogP contribution >= 0.6 is 0 Å². The van der Waals surface area contributed by atoms with Gasteiger partial charge in [-0.15, -0.1) is 0 Å². The second-order valence-electron chi connectivity index (χ2n) is 22.4. The molecule has 10 aromatic carbocycles. The van der Waals surface area contributed by atoms with Crippen molar-refractivity contribution >= 4 is 43.6 Å². The first-order valence-corrected chi connectivity index (χ1v) is 27.8. The number of hydrogen-bond acceptors (Lipinski definition) is 1. The maximum Gasteiger partial charge on any atom is 0.417 e. The van der Waals surface area contributed by atoms with Crippen molar-refractivity contribution in [3.8, 4) is 73.1 Å². The molecule has 0 fully saturated rings. The zero-order valence-electron chi connectivity index (χ0n) is 47.9. The first-order valence-electron chi connectivity index (χ1n) is 27.8. The Kier molecular flexibility index (Phi) is 14.6. The van der Waals surface area contributed by atoms with Crippen LogP contribution in [0.1, 0.15) is 61.2 Å². The van der Waals surface area contributed by atoms with Gasteiger partial charge in [0.2, 0.25) is 0 Å². The van der Waals surface area contributed by atoms with Gasteiger partial charge in [-0.1, -0.05) is 114 Å². The zero-order valence-corrected chi connectivity index (χ0v) is 47.9. The molecule has 0 radical (unpaired) electrons. The molecule has 0 amide bonds. The number of fused-ring (bicyclic) bond motifs is 6. The molecule has 2 aromatic heterocycles. The highest BCUT2D eigenvalue weighted by Crippen LogP contribution is 2.50. The molecule has 21 heteroatoms. The summed E-state index contributed by atoms with van der Waals surface area (Å²) < 4.78 is 270. The fourth-order valence-corrected chi connectivity index (χ4v) is 12.4. The van der Waals surface area contributed by atoms with Crippen molar-refractivity contribution in [1.82, 2.24) is 9.13 Å². The van der Waals surface area contributed by atoms with Crippen LogP contribution in [0.25, 0.3) is 111 Å².